The summed E-state index contributed by atoms with van der Waals surface area (Å²) in [6.07, 6.45) is 3.23. The van der Waals surface area contributed by atoms with Gasteiger partial charge in [-0.15, -0.1) is 0 Å². The number of nitrogens with zero attached hydrogens (tertiary/aromatic N) is 2. The Balaban J connectivity index is 1.36. The molecule has 0 spiro atoms. The second kappa shape index (κ2) is 10.8. The lowest BCUT2D eigenvalue weighted by molar-refractivity contribution is -0.131. The van der Waals surface area contributed by atoms with Gasteiger partial charge in [-0.3, -0.25) is 24.1 Å². The van der Waals surface area contributed by atoms with Crippen LogP contribution >= 0.6 is 11.6 Å². The minimum atomic E-state index is -1.32. The number of hydrogen-bond donors (Lipinski definition) is 1. The normalized spacial score (nSPS) is 28.6. The topological polar surface area (TPSA) is 104 Å². The Morgan fingerprint density at radius 2 is 1.65 bits per heavy atom. The van der Waals surface area contributed by atoms with Gasteiger partial charge >= 0.3 is 0 Å². The minimum Gasteiger partial charge on any atom is -0.504 e. The Bertz CT molecular complexity index is 1860. The number of phenolic OH excluding ortho intramolecular Hbond substituents is 1. The Morgan fingerprint density at radius 3 is 2.30 bits per heavy atom. The SMILES string of the molecule is CCc1ccc(N2C(=O)C3CC=C4C(CC5C(=O)N(c6ccc(F)c(Cl)c6)C(=O)C5(C)C4c4ccc(OC)c(O)c4)C3C2=O)cc1. The fraction of sp³-hybridized carbons (Fsp3) is 0.333. The number of methoxy groups -OCH3 is 1. The smallest absolute Gasteiger partial charge is 0.241 e. The number of hydrogen-bond acceptors (Lipinski definition) is 6. The highest BCUT2D eigenvalue weighted by atomic mass is 35.5. The van der Waals surface area contributed by atoms with Crippen molar-refractivity contribution in [1.29, 1.82) is 0 Å². The van der Waals surface area contributed by atoms with Crippen molar-refractivity contribution in [3.8, 4) is 11.5 Å². The standard InChI is InChI=1S/C36H32ClFN2O6/c1-4-18-5-8-20(9-6-18)39-32(42)23-12-11-22-24(30(23)34(39)44)17-25-33(43)40(21-10-13-27(38)26(37)16-21)35(45)36(25,2)31(22)19-7-14-29(46-3)28(41)15-19/h5-11,13-16,23-25,30-31,41H,4,12,17H2,1-3H3. The average molecular weight is 643 g/mol. The molecular formula is C36H32ClFN2O6. The predicted molar refractivity (Wildman–Crippen MR) is 169 cm³/mol. The number of benzene rings is 3. The van der Waals surface area contributed by atoms with E-state index in [-0.39, 0.29) is 40.4 Å². The molecule has 3 aromatic carbocycles. The first-order valence-electron chi connectivity index (χ1n) is 15.4. The molecule has 3 fully saturated rings. The monoisotopic (exact) mass is 642 g/mol. The van der Waals surface area contributed by atoms with Crippen LogP contribution in [0.25, 0.3) is 0 Å². The molecule has 10 heteroatoms. The number of aromatic hydroxyl groups is 1. The van der Waals surface area contributed by atoms with Gasteiger partial charge in [0.15, 0.2) is 11.5 Å². The quantitative estimate of drug-likeness (QED) is 0.263. The van der Waals surface area contributed by atoms with E-state index in [0.717, 1.165) is 28.5 Å². The van der Waals surface area contributed by atoms with Gasteiger partial charge in [-0.1, -0.05) is 48.4 Å². The molecule has 1 saturated carbocycles. The van der Waals surface area contributed by atoms with Gasteiger partial charge in [0.25, 0.3) is 0 Å². The number of carbonyl (C=O) groups is 4. The number of anilines is 2. The molecule has 8 nitrogen and oxygen atoms in total. The molecule has 2 heterocycles. The first-order valence-corrected chi connectivity index (χ1v) is 15.8. The van der Waals surface area contributed by atoms with Crippen molar-refractivity contribution in [1.82, 2.24) is 0 Å². The van der Waals surface area contributed by atoms with E-state index in [1.54, 1.807) is 31.2 Å². The number of aryl methyl sites for hydroxylation is 1. The summed E-state index contributed by atoms with van der Waals surface area (Å²) in [7, 11) is 1.43. The van der Waals surface area contributed by atoms with Crippen molar-refractivity contribution >= 4 is 46.6 Å². The van der Waals surface area contributed by atoms with Crippen LogP contribution in [0.15, 0.2) is 72.3 Å². The lowest BCUT2D eigenvalue weighted by atomic mass is 9.51. The van der Waals surface area contributed by atoms with Crippen LogP contribution in [0.5, 0.6) is 11.5 Å². The van der Waals surface area contributed by atoms with Crippen LogP contribution in [0.2, 0.25) is 5.02 Å². The molecule has 7 rings (SSSR count). The maximum Gasteiger partial charge on any atom is 0.241 e. The molecule has 0 aromatic heterocycles. The number of amides is 4. The van der Waals surface area contributed by atoms with Crippen LogP contribution in [0.4, 0.5) is 15.8 Å². The van der Waals surface area contributed by atoms with Crippen molar-refractivity contribution in [2.75, 3.05) is 16.9 Å². The second-order valence-corrected chi connectivity index (χ2v) is 13.1. The number of carbonyl (C=O) groups excluding carboxylic acids is 4. The van der Waals surface area contributed by atoms with Crippen molar-refractivity contribution in [3.05, 3.63) is 94.3 Å². The van der Waals surface area contributed by atoms with Gasteiger partial charge in [-0.25, -0.2) is 9.29 Å². The summed E-state index contributed by atoms with van der Waals surface area (Å²) in [6.45, 7) is 3.76. The molecule has 2 aliphatic carbocycles. The molecule has 0 bridgehead atoms. The molecule has 1 N–H and O–H groups in total. The van der Waals surface area contributed by atoms with E-state index in [9.17, 15) is 28.7 Å². The fourth-order valence-corrected chi connectivity index (χ4v) is 8.46. The van der Waals surface area contributed by atoms with Crippen LogP contribution < -0.4 is 14.5 Å². The molecule has 2 aliphatic heterocycles. The van der Waals surface area contributed by atoms with E-state index in [2.05, 4.69) is 0 Å². The van der Waals surface area contributed by atoms with E-state index >= 15 is 0 Å². The largest absolute Gasteiger partial charge is 0.504 e. The number of rotatable bonds is 5. The number of phenols is 1. The maximum absolute atomic E-state index is 14.5. The molecular weight excluding hydrogens is 611 g/mol. The van der Waals surface area contributed by atoms with E-state index < -0.39 is 52.6 Å². The summed E-state index contributed by atoms with van der Waals surface area (Å²) < 4.78 is 19.4. The summed E-state index contributed by atoms with van der Waals surface area (Å²) in [5.74, 6) is -5.59. The Labute approximate surface area is 270 Å². The molecule has 2 saturated heterocycles. The summed E-state index contributed by atoms with van der Waals surface area (Å²) >= 11 is 6.07. The van der Waals surface area contributed by atoms with E-state index in [0.29, 0.717) is 17.7 Å². The zero-order chi connectivity index (χ0) is 32.7. The zero-order valence-electron chi connectivity index (χ0n) is 25.5. The van der Waals surface area contributed by atoms with Gasteiger partial charge in [0.05, 0.1) is 46.7 Å². The first-order chi connectivity index (χ1) is 22.0. The third-order valence-corrected chi connectivity index (χ3v) is 10.9. The van der Waals surface area contributed by atoms with E-state index in [4.69, 9.17) is 16.3 Å². The van der Waals surface area contributed by atoms with Gasteiger partial charge < -0.3 is 9.84 Å². The van der Waals surface area contributed by atoms with Crippen molar-refractivity contribution in [2.24, 2.45) is 29.1 Å². The number of fused-ring (bicyclic) bond motifs is 4. The van der Waals surface area contributed by atoms with E-state index in [1.807, 2.05) is 25.1 Å². The van der Waals surface area contributed by atoms with Gasteiger partial charge in [0.2, 0.25) is 23.6 Å². The molecule has 4 amide bonds. The van der Waals surface area contributed by atoms with Crippen molar-refractivity contribution in [3.63, 3.8) is 0 Å². The molecule has 236 valence electrons. The summed E-state index contributed by atoms with van der Waals surface area (Å²) in [6, 6.07) is 16.0. The van der Waals surface area contributed by atoms with Crippen molar-refractivity contribution < 1.29 is 33.4 Å². The number of ether oxygens (including phenoxy) is 1. The van der Waals surface area contributed by atoms with Gasteiger partial charge in [0.1, 0.15) is 5.82 Å². The second-order valence-electron chi connectivity index (χ2n) is 12.7. The number of imide groups is 2. The molecule has 6 atom stereocenters. The molecule has 4 aliphatic rings. The zero-order valence-corrected chi connectivity index (χ0v) is 26.3. The third kappa shape index (κ3) is 4.17. The highest BCUT2D eigenvalue weighted by Gasteiger charge is 2.67. The highest BCUT2D eigenvalue weighted by molar-refractivity contribution is 6.32. The Kier molecular flexibility index (Phi) is 7.08. The molecule has 3 aromatic rings. The molecule has 6 unspecified atom stereocenters. The molecule has 46 heavy (non-hydrogen) atoms. The van der Waals surface area contributed by atoms with Gasteiger partial charge in [-0.05, 0) is 85.7 Å². The van der Waals surface area contributed by atoms with Crippen LogP contribution in [-0.4, -0.2) is 35.8 Å². The number of halogens is 2. The summed E-state index contributed by atoms with van der Waals surface area (Å²) in [5, 5.41) is 10.6. The lowest BCUT2D eigenvalue weighted by Crippen LogP contribution is -2.48. The molecule has 0 radical (unpaired) electrons. The number of allylic oxidation sites excluding steroid dienone is 2. The first kappa shape index (κ1) is 30.2. The van der Waals surface area contributed by atoms with E-state index in [1.165, 1.54) is 30.2 Å². The Hall–Kier alpha value is -4.50. The highest BCUT2D eigenvalue weighted by Crippen LogP contribution is 2.64. The summed E-state index contributed by atoms with van der Waals surface area (Å²) in [5.41, 5.74) is 1.77. The minimum absolute atomic E-state index is 0.135. The fourth-order valence-electron chi connectivity index (χ4n) is 8.29. The van der Waals surface area contributed by atoms with Crippen molar-refractivity contribution in [2.45, 2.75) is 39.0 Å². The Morgan fingerprint density at radius 1 is 0.935 bits per heavy atom. The van der Waals surface area contributed by atoms with Gasteiger partial charge in [-0.2, -0.15) is 0 Å². The van der Waals surface area contributed by atoms with Gasteiger partial charge in [0, 0.05) is 5.92 Å². The van der Waals surface area contributed by atoms with Crippen LogP contribution in [0, 0.1) is 34.9 Å². The predicted octanol–water partition coefficient (Wildman–Crippen LogP) is 6.19. The van der Waals surface area contributed by atoms with Crippen LogP contribution in [0.3, 0.4) is 0 Å². The lowest BCUT2D eigenvalue weighted by Gasteiger charge is -2.49. The third-order valence-electron chi connectivity index (χ3n) is 10.6. The van der Waals surface area contributed by atoms with Crippen LogP contribution in [-0.2, 0) is 25.6 Å². The van der Waals surface area contributed by atoms with Crippen LogP contribution in [0.1, 0.15) is 43.7 Å². The summed E-state index contributed by atoms with van der Waals surface area (Å²) in [4.78, 5) is 59.1. The average Bonchev–Trinajstić information content (AvgIpc) is 3.41. The maximum atomic E-state index is 14.5.